The van der Waals surface area contributed by atoms with Crippen molar-refractivity contribution >= 4 is 17.7 Å². The molecule has 0 aliphatic heterocycles. The second-order valence-corrected chi connectivity index (χ2v) is 5.81. The molecule has 0 aliphatic rings. The van der Waals surface area contributed by atoms with Crippen LogP contribution in [-0.2, 0) is 10.5 Å². The highest BCUT2D eigenvalue weighted by Crippen LogP contribution is 2.23. The molecule has 17 heavy (non-hydrogen) atoms. The number of rotatable bonds is 5. The van der Waals surface area contributed by atoms with E-state index in [1.165, 1.54) is 12.7 Å². The fourth-order valence-corrected chi connectivity index (χ4v) is 2.31. The molecule has 1 atom stereocenters. The smallest absolute Gasteiger partial charge is 0.337 e. The minimum atomic E-state index is -0.278. The number of carbonyl (C=O) groups is 1. The van der Waals surface area contributed by atoms with Crippen molar-refractivity contribution in [1.82, 2.24) is 0 Å². The second kappa shape index (κ2) is 6.70. The maximum absolute atomic E-state index is 11.3. The van der Waals surface area contributed by atoms with Gasteiger partial charge in [0, 0.05) is 11.0 Å². The van der Waals surface area contributed by atoms with Crippen molar-refractivity contribution in [3.8, 4) is 0 Å². The highest BCUT2D eigenvalue weighted by molar-refractivity contribution is 7.99. The fraction of sp³-hybridized carbons (Fsp3) is 0.500. The van der Waals surface area contributed by atoms with Gasteiger partial charge in [-0.1, -0.05) is 32.9 Å². The maximum atomic E-state index is 11.3. The second-order valence-electron chi connectivity index (χ2n) is 4.45. The molecule has 0 amide bonds. The number of thioether (sulfide) groups is 1. The van der Waals surface area contributed by atoms with E-state index in [1.54, 1.807) is 0 Å². The molecule has 1 rings (SSSR count). The molecule has 0 fully saturated rings. The first kappa shape index (κ1) is 14.1. The summed E-state index contributed by atoms with van der Waals surface area (Å²) < 4.78 is 4.66. The van der Waals surface area contributed by atoms with Gasteiger partial charge in [-0.05, 0) is 23.6 Å². The van der Waals surface area contributed by atoms with Crippen molar-refractivity contribution in [3.63, 3.8) is 0 Å². The van der Waals surface area contributed by atoms with Gasteiger partial charge < -0.3 is 4.74 Å². The molecule has 3 heteroatoms. The number of ether oxygens (including phenoxy) is 1. The predicted molar refractivity (Wildman–Crippen MR) is 73.4 cm³/mol. The van der Waals surface area contributed by atoms with Crippen LogP contribution < -0.4 is 0 Å². The van der Waals surface area contributed by atoms with E-state index < -0.39 is 0 Å². The van der Waals surface area contributed by atoms with Crippen LogP contribution in [0.15, 0.2) is 24.3 Å². The zero-order chi connectivity index (χ0) is 12.8. The van der Waals surface area contributed by atoms with Crippen LogP contribution in [0.1, 0.15) is 36.7 Å². The Morgan fingerprint density at radius 1 is 1.24 bits per heavy atom. The Morgan fingerprint density at radius 2 is 1.82 bits per heavy atom. The molecule has 0 bridgehead atoms. The molecule has 0 saturated carbocycles. The third-order valence-electron chi connectivity index (χ3n) is 2.83. The molecular weight excluding hydrogens is 232 g/mol. The van der Waals surface area contributed by atoms with E-state index >= 15 is 0 Å². The van der Waals surface area contributed by atoms with E-state index in [2.05, 4.69) is 25.5 Å². The topological polar surface area (TPSA) is 26.3 Å². The van der Waals surface area contributed by atoms with E-state index in [1.807, 2.05) is 36.0 Å². The van der Waals surface area contributed by atoms with Gasteiger partial charge in [0.15, 0.2) is 0 Å². The van der Waals surface area contributed by atoms with Gasteiger partial charge in [0.05, 0.1) is 12.7 Å². The van der Waals surface area contributed by atoms with Gasteiger partial charge in [0.25, 0.3) is 0 Å². The minimum absolute atomic E-state index is 0.278. The molecule has 0 saturated heterocycles. The van der Waals surface area contributed by atoms with Crippen molar-refractivity contribution in [1.29, 1.82) is 0 Å². The average Bonchev–Trinajstić information content (AvgIpc) is 2.35. The summed E-state index contributed by atoms with van der Waals surface area (Å²) in [5.41, 5.74) is 1.85. The first-order valence-electron chi connectivity index (χ1n) is 5.83. The molecule has 2 nitrogen and oxygen atoms in total. The Balaban J connectivity index is 2.54. The standard InChI is InChI=1S/C14H20O2S/c1-10(2)11(3)17-9-12-5-7-13(8-6-12)14(15)16-4/h5-8,10-11H,9H2,1-4H3. The van der Waals surface area contributed by atoms with Gasteiger partial charge in [-0.2, -0.15) is 11.8 Å². The molecule has 0 N–H and O–H groups in total. The summed E-state index contributed by atoms with van der Waals surface area (Å²) >= 11 is 1.94. The lowest BCUT2D eigenvalue weighted by atomic mass is 10.1. The maximum Gasteiger partial charge on any atom is 0.337 e. The summed E-state index contributed by atoms with van der Waals surface area (Å²) in [5.74, 6) is 1.40. The summed E-state index contributed by atoms with van der Waals surface area (Å²) in [6.45, 7) is 6.72. The molecule has 0 heterocycles. The zero-order valence-electron chi connectivity index (χ0n) is 10.9. The van der Waals surface area contributed by atoms with Crippen molar-refractivity contribution in [3.05, 3.63) is 35.4 Å². The zero-order valence-corrected chi connectivity index (χ0v) is 11.7. The number of benzene rings is 1. The number of methoxy groups -OCH3 is 1. The van der Waals surface area contributed by atoms with Gasteiger partial charge in [-0.3, -0.25) is 0 Å². The Morgan fingerprint density at radius 3 is 2.29 bits per heavy atom. The van der Waals surface area contributed by atoms with Gasteiger partial charge in [0.1, 0.15) is 0 Å². The molecule has 0 radical (unpaired) electrons. The van der Waals surface area contributed by atoms with Gasteiger partial charge in [0.2, 0.25) is 0 Å². The summed E-state index contributed by atoms with van der Waals surface area (Å²) in [6, 6.07) is 7.63. The van der Waals surface area contributed by atoms with Gasteiger partial charge in [-0.25, -0.2) is 4.79 Å². The Labute approximate surface area is 108 Å². The quantitative estimate of drug-likeness (QED) is 0.747. The lowest BCUT2D eigenvalue weighted by molar-refractivity contribution is 0.0601. The van der Waals surface area contributed by atoms with Crippen LogP contribution in [0.5, 0.6) is 0 Å². The average molecular weight is 252 g/mol. The van der Waals surface area contributed by atoms with Crippen LogP contribution >= 0.6 is 11.8 Å². The van der Waals surface area contributed by atoms with E-state index in [0.717, 1.165) is 5.75 Å². The number of hydrogen-bond donors (Lipinski definition) is 0. The summed E-state index contributed by atoms with van der Waals surface area (Å²) in [6.07, 6.45) is 0. The normalized spacial score (nSPS) is 12.5. The monoisotopic (exact) mass is 252 g/mol. The van der Waals surface area contributed by atoms with Gasteiger partial charge in [-0.15, -0.1) is 0 Å². The molecule has 0 aliphatic carbocycles. The van der Waals surface area contributed by atoms with Crippen LogP contribution in [-0.4, -0.2) is 18.3 Å². The van der Waals surface area contributed by atoms with Crippen molar-refractivity contribution in [2.24, 2.45) is 5.92 Å². The Bertz CT molecular complexity index is 357. The van der Waals surface area contributed by atoms with E-state index in [0.29, 0.717) is 16.7 Å². The summed E-state index contributed by atoms with van der Waals surface area (Å²) in [4.78, 5) is 11.3. The number of carbonyl (C=O) groups excluding carboxylic acids is 1. The molecular formula is C14H20O2S. The minimum Gasteiger partial charge on any atom is -0.465 e. The highest BCUT2D eigenvalue weighted by atomic mass is 32.2. The van der Waals surface area contributed by atoms with Crippen LogP contribution in [0, 0.1) is 5.92 Å². The lowest BCUT2D eigenvalue weighted by Crippen LogP contribution is -2.06. The molecule has 94 valence electrons. The SMILES string of the molecule is COC(=O)c1ccc(CSC(C)C(C)C)cc1. The van der Waals surface area contributed by atoms with Crippen LogP contribution in [0.25, 0.3) is 0 Å². The van der Waals surface area contributed by atoms with Crippen LogP contribution in [0.3, 0.4) is 0 Å². The van der Waals surface area contributed by atoms with Crippen molar-refractivity contribution in [2.45, 2.75) is 31.8 Å². The van der Waals surface area contributed by atoms with E-state index in [-0.39, 0.29) is 5.97 Å². The van der Waals surface area contributed by atoms with Gasteiger partial charge >= 0.3 is 5.97 Å². The number of esters is 1. The highest BCUT2D eigenvalue weighted by Gasteiger charge is 2.08. The third kappa shape index (κ3) is 4.43. The Hall–Kier alpha value is -0.960. The first-order valence-corrected chi connectivity index (χ1v) is 6.88. The molecule has 0 aromatic heterocycles. The van der Waals surface area contributed by atoms with Crippen molar-refractivity contribution in [2.75, 3.05) is 7.11 Å². The summed E-state index contributed by atoms with van der Waals surface area (Å²) in [5, 5.41) is 0.648. The van der Waals surface area contributed by atoms with E-state index in [4.69, 9.17) is 0 Å². The molecule has 1 aromatic carbocycles. The van der Waals surface area contributed by atoms with Crippen molar-refractivity contribution < 1.29 is 9.53 Å². The van der Waals surface area contributed by atoms with Crippen LogP contribution in [0.2, 0.25) is 0 Å². The predicted octanol–water partition coefficient (Wildman–Crippen LogP) is 3.75. The molecule has 1 aromatic rings. The summed E-state index contributed by atoms with van der Waals surface area (Å²) in [7, 11) is 1.40. The molecule has 0 spiro atoms. The van der Waals surface area contributed by atoms with E-state index in [9.17, 15) is 4.79 Å². The largest absolute Gasteiger partial charge is 0.465 e. The lowest BCUT2D eigenvalue weighted by Gasteiger charge is -2.14. The van der Waals surface area contributed by atoms with Crippen LogP contribution in [0.4, 0.5) is 0 Å². The fourth-order valence-electron chi connectivity index (χ4n) is 1.28. The third-order valence-corrected chi connectivity index (χ3v) is 4.40. The Kier molecular flexibility index (Phi) is 5.56. The first-order chi connectivity index (χ1) is 8.04. The molecule has 1 unspecified atom stereocenters. The number of hydrogen-bond acceptors (Lipinski definition) is 3.